The molecule has 0 saturated carbocycles. The quantitative estimate of drug-likeness (QED) is 0.712. The van der Waals surface area contributed by atoms with Crippen LogP contribution in [0.4, 0.5) is 16.2 Å². The molecule has 0 spiro atoms. The van der Waals surface area contributed by atoms with E-state index in [1.807, 2.05) is 13.8 Å². The number of carbonyl (C=O) groups is 3. The Hall–Kier alpha value is -3.29. The number of nitrogens with zero attached hydrogens (tertiary/aromatic N) is 1. The summed E-state index contributed by atoms with van der Waals surface area (Å²) in [7, 11) is 0. The minimum absolute atomic E-state index is 0.0885. The fourth-order valence-electron chi connectivity index (χ4n) is 3.02. The highest BCUT2D eigenvalue weighted by atomic mass is 16.3. The maximum atomic E-state index is 12.9. The number of furan rings is 1. The number of nitrogens with one attached hydrogen (secondary N) is 3. The second kappa shape index (κ2) is 8.60. The van der Waals surface area contributed by atoms with Crippen molar-refractivity contribution >= 4 is 29.2 Å². The van der Waals surface area contributed by atoms with Crippen molar-refractivity contribution in [3.63, 3.8) is 0 Å². The summed E-state index contributed by atoms with van der Waals surface area (Å²) in [5.41, 5.74) is 1.16. The van der Waals surface area contributed by atoms with Gasteiger partial charge in [-0.05, 0) is 30.2 Å². The topological polar surface area (TPSA) is 104 Å². The number of amides is 4. The van der Waals surface area contributed by atoms with Gasteiger partial charge in [0.25, 0.3) is 0 Å². The van der Waals surface area contributed by atoms with Crippen LogP contribution in [0.15, 0.2) is 47.1 Å². The Morgan fingerprint density at radius 2 is 2.04 bits per heavy atom. The largest absolute Gasteiger partial charge is 0.467 e. The number of hydrogen-bond donors (Lipinski definition) is 3. The summed E-state index contributed by atoms with van der Waals surface area (Å²) >= 11 is 0. The number of fused-ring (bicyclic) bond motifs is 1. The van der Waals surface area contributed by atoms with Crippen molar-refractivity contribution in [3.05, 3.63) is 48.4 Å². The van der Waals surface area contributed by atoms with Crippen LogP contribution in [-0.4, -0.2) is 30.4 Å². The van der Waals surface area contributed by atoms with E-state index in [2.05, 4.69) is 16.0 Å². The number of para-hydroxylation sites is 2. The number of carbonyl (C=O) groups excluding carboxylic acids is 3. The SMILES string of the molecule is CC[C@@H](C)[C@H](NC(=O)N1CC(=O)Nc2ccccc21)C(=O)NCc1ccco1. The first-order valence-corrected chi connectivity index (χ1v) is 9.26. The van der Waals surface area contributed by atoms with Crippen LogP contribution in [-0.2, 0) is 16.1 Å². The first-order chi connectivity index (χ1) is 13.5. The van der Waals surface area contributed by atoms with E-state index in [0.29, 0.717) is 23.6 Å². The van der Waals surface area contributed by atoms with Gasteiger partial charge in [0, 0.05) is 0 Å². The third-order valence-electron chi connectivity index (χ3n) is 4.81. The average Bonchev–Trinajstić information content (AvgIpc) is 3.22. The highest BCUT2D eigenvalue weighted by molar-refractivity contribution is 6.10. The van der Waals surface area contributed by atoms with Gasteiger partial charge in [0.15, 0.2) is 0 Å². The van der Waals surface area contributed by atoms with Gasteiger partial charge in [-0.1, -0.05) is 32.4 Å². The molecule has 0 unspecified atom stereocenters. The first kappa shape index (κ1) is 19.5. The number of rotatable bonds is 6. The summed E-state index contributed by atoms with van der Waals surface area (Å²) in [6, 6.07) is 9.35. The lowest BCUT2D eigenvalue weighted by Gasteiger charge is -2.31. The predicted molar refractivity (Wildman–Crippen MR) is 105 cm³/mol. The number of hydrogen-bond acceptors (Lipinski definition) is 4. The van der Waals surface area contributed by atoms with E-state index in [1.54, 1.807) is 36.4 Å². The highest BCUT2D eigenvalue weighted by Crippen LogP contribution is 2.29. The minimum atomic E-state index is -0.732. The third-order valence-corrected chi connectivity index (χ3v) is 4.81. The van der Waals surface area contributed by atoms with Gasteiger partial charge in [-0.25, -0.2) is 4.79 Å². The van der Waals surface area contributed by atoms with Gasteiger partial charge in [0.2, 0.25) is 11.8 Å². The fraction of sp³-hybridized carbons (Fsp3) is 0.350. The molecule has 0 aliphatic carbocycles. The Balaban J connectivity index is 1.72. The minimum Gasteiger partial charge on any atom is -0.467 e. The van der Waals surface area contributed by atoms with Crippen LogP contribution in [0.25, 0.3) is 0 Å². The molecule has 8 heteroatoms. The molecule has 1 aliphatic rings. The van der Waals surface area contributed by atoms with E-state index in [9.17, 15) is 14.4 Å². The van der Waals surface area contributed by atoms with Crippen molar-refractivity contribution in [2.75, 3.05) is 16.8 Å². The molecule has 0 saturated heterocycles. The summed E-state index contributed by atoms with van der Waals surface area (Å²) in [6.45, 7) is 3.98. The molecule has 3 rings (SSSR count). The van der Waals surface area contributed by atoms with Gasteiger partial charge < -0.3 is 20.4 Å². The zero-order valence-electron chi connectivity index (χ0n) is 15.9. The van der Waals surface area contributed by atoms with E-state index in [1.165, 1.54) is 11.2 Å². The molecule has 0 bridgehead atoms. The van der Waals surface area contributed by atoms with Crippen LogP contribution in [0.2, 0.25) is 0 Å². The fourth-order valence-corrected chi connectivity index (χ4v) is 3.02. The van der Waals surface area contributed by atoms with Crippen molar-refractivity contribution in [2.24, 2.45) is 5.92 Å². The van der Waals surface area contributed by atoms with Gasteiger partial charge in [-0.3, -0.25) is 14.5 Å². The van der Waals surface area contributed by atoms with Gasteiger partial charge >= 0.3 is 6.03 Å². The first-order valence-electron chi connectivity index (χ1n) is 9.26. The van der Waals surface area contributed by atoms with Crippen LogP contribution in [0.1, 0.15) is 26.0 Å². The predicted octanol–water partition coefficient (Wildman–Crippen LogP) is 2.48. The van der Waals surface area contributed by atoms with Crippen LogP contribution in [0.3, 0.4) is 0 Å². The Bertz CT molecular complexity index is 850. The molecule has 1 aromatic heterocycles. The van der Waals surface area contributed by atoms with Crippen LogP contribution in [0, 0.1) is 5.92 Å². The lowest BCUT2D eigenvalue weighted by molar-refractivity contribution is -0.124. The maximum absolute atomic E-state index is 12.9. The van der Waals surface area contributed by atoms with Crippen molar-refractivity contribution in [3.8, 4) is 0 Å². The molecule has 1 aliphatic heterocycles. The molecule has 8 nitrogen and oxygen atoms in total. The normalized spacial score (nSPS) is 15.2. The molecule has 0 radical (unpaired) electrons. The van der Waals surface area contributed by atoms with Crippen LogP contribution < -0.4 is 20.9 Å². The second-order valence-corrected chi connectivity index (χ2v) is 6.76. The van der Waals surface area contributed by atoms with Crippen molar-refractivity contribution in [1.82, 2.24) is 10.6 Å². The molecule has 148 valence electrons. The molecule has 4 amide bonds. The van der Waals surface area contributed by atoms with Crippen molar-refractivity contribution < 1.29 is 18.8 Å². The van der Waals surface area contributed by atoms with E-state index >= 15 is 0 Å². The Kier molecular flexibility index (Phi) is 5.98. The lowest BCUT2D eigenvalue weighted by atomic mass is 9.98. The highest BCUT2D eigenvalue weighted by Gasteiger charge is 2.31. The van der Waals surface area contributed by atoms with E-state index in [0.717, 1.165) is 0 Å². The molecule has 0 fully saturated rings. The van der Waals surface area contributed by atoms with Gasteiger partial charge in [0.05, 0.1) is 24.2 Å². The number of anilines is 2. The zero-order chi connectivity index (χ0) is 20.1. The van der Waals surface area contributed by atoms with Gasteiger partial charge in [0.1, 0.15) is 18.3 Å². The summed E-state index contributed by atoms with van der Waals surface area (Å²) in [6.07, 6.45) is 2.24. The molecule has 3 N–H and O–H groups in total. The van der Waals surface area contributed by atoms with Crippen molar-refractivity contribution in [2.45, 2.75) is 32.9 Å². The molecule has 1 aromatic carbocycles. The molecule has 2 aromatic rings. The summed E-state index contributed by atoms with van der Waals surface area (Å²) in [5, 5.41) is 8.32. The summed E-state index contributed by atoms with van der Waals surface area (Å²) in [4.78, 5) is 38.9. The third kappa shape index (κ3) is 4.33. The lowest BCUT2D eigenvalue weighted by Crippen LogP contribution is -2.55. The van der Waals surface area contributed by atoms with Gasteiger partial charge in [-0.2, -0.15) is 0 Å². The van der Waals surface area contributed by atoms with E-state index < -0.39 is 12.1 Å². The Morgan fingerprint density at radius 1 is 1.25 bits per heavy atom. The standard InChI is InChI=1S/C20H24N4O4/c1-3-13(2)18(19(26)21-11-14-7-6-10-28-14)23-20(27)24-12-17(25)22-15-8-4-5-9-16(15)24/h4-10,13,18H,3,11-12H2,1-2H3,(H,21,26)(H,22,25)(H,23,27)/t13-,18+/m1/s1. The van der Waals surface area contributed by atoms with Crippen molar-refractivity contribution in [1.29, 1.82) is 0 Å². The molecular formula is C20H24N4O4. The number of benzene rings is 1. The van der Waals surface area contributed by atoms with Crippen LogP contribution in [0.5, 0.6) is 0 Å². The summed E-state index contributed by atoms with van der Waals surface area (Å²) in [5.74, 6) is -0.0383. The van der Waals surface area contributed by atoms with Crippen LogP contribution >= 0.6 is 0 Å². The summed E-state index contributed by atoms with van der Waals surface area (Å²) < 4.78 is 5.22. The van der Waals surface area contributed by atoms with E-state index in [-0.39, 0.29) is 30.8 Å². The maximum Gasteiger partial charge on any atom is 0.323 e. The second-order valence-electron chi connectivity index (χ2n) is 6.76. The average molecular weight is 384 g/mol. The monoisotopic (exact) mass is 384 g/mol. The number of urea groups is 1. The molecule has 28 heavy (non-hydrogen) atoms. The zero-order valence-corrected chi connectivity index (χ0v) is 15.9. The molecule has 2 atom stereocenters. The van der Waals surface area contributed by atoms with E-state index in [4.69, 9.17) is 4.42 Å². The molecular weight excluding hydrogens is 360 g/mol. The molecule has 2 heterocycles. The Labute approximate surface area is 163 Å². The van der Waals surface area contributed by atoms with Gasteiger partial charge in [-0.15, -0.1) is 0 Å². The smallest absolute Gasteiger partial charge is 0.323 e. The Morgan fingerprint density at radius 3 is 2.75 bits per heavy atom.